The van der Waals surface area contributed by atoms with Crippen LogP contribution in [-0.2, 0) is 5.88 Å². The number of hydrogen-bond acceptors (Lipinski definition) is 2. The van der Waals surface area contributed by atoms with Gasteiger partial charge >= 0.3 is 0 Å². The average molecular weight is 228 g/mol. The van der Waals surface area contributed by atoms with E-state index in [1.165, 1.54) is 19.3 Å². The highest BCUT2D eigenvalue weighted by Crippen LogP contribution is 2.11. The van der Waals surface area contributed by atoms with Crippen LogP contribution in [0.1, 0.15) is 38.3 Å². The molecule has 0 aliphatic rings. The predicted molar refractivity (Wildman–Crippen MR) is 63.4 cm³/mol. The van der Waals surface area contributed by atoms with Crippen molar-refractivity contribution in [1.29, 1.82) is 0 Å². The second-order valence-corrected chi connectivity index (χ2v) is 3.80. The van der Waals surface area contributed by atoms with Gasteiger partial charge in [-0.2, -0.15) is 0 Å². The highest BCUT2D eigenvalue weighted by atomic mass is 35.5. The minimum Gasteiger partial charge on any atom is -0.492 e. The Bertz CT molecular complexity index is 261. The molecule has 0 aliphatic carbocycles. The molecule has 1 rings (SSSR count). The Morgan fingerprint density at radius 2 is 2.13 bits per heavy atom. The van der Waals surface area contributed by atoms with Gasteiger partial charge in [0.05, 0.1) is 24.4 Å². The topological polar surface area (TPSA) is 22.1 Å². The first-order chi connectivity index (χ1) is 7.36. The van der Waals surface area contributed by atoms with Crippen LogP contribution in [0.25, 0.3) is 0 Å². The second-order valence-electron chi connectivity index (χ2n) is 3.53. The van der Waals surface area contributed by atoms with Crippen molar-refractivity contribution >= 4 is 11.6 Å². The lowest BCUT2D eigenvalue weighted by Crippen LogP contribution is -1.98. The second kappa shape index (κ2) is 7.52. The molecule has 1 aromatic rings. The van der Waals surface area contributed by atoms with Gasteiger partial charge in [0.15, 0.2) is 0 Å². The lowest BCUT2D eigenvalue weighted by atomic mass is 10.2. The Labute approximate surface area is 96.6 Å². The van der Waals surface area contributed by atoms with Crippen LogP contribution >= 0.6 is 11.6 Å². The van der Waals surface area contributed by atoms with Crippen LogP contribution in [0.3, 0.4) is 0 Å². The first kappa shape index (κ1) is 12.3. The molecular formula is C12H18ClNO. The third-order valence-electron chi connectivity index (χ3n) is 2.20. The van der Waals surface area contributed by atoms with E-state index in [-0.39, 0.29) is 0 Å². The summed E-state index contributed by atoms with van der Waals surface area (Å²) in [6.07, 6.45) is 6.63. The largest absolute Gasteiger partial charge is 0.492 e. The zero-order valence-electron chi connectivity index (χ0n) is 9.21. The number of rotatable bonds is 7. The van der Waals surface area contributed by atoms with Gasteiger partial charge in [0.2, 0.25) is 0 Å². The summed E-state index contributed by atoms with van der Waals surface area (Å²) < 4.78 is 5.55. The summed E-state index contributed by atoms with van der Waals surface area (Å²) in [4.78, 5) is 4.16. The number of alkyl halides is 1. The summed E-state index contributed by atoms with van der Waals surface area (Å²) in [7, 11) is 0. The van der Waals surface area contributed by atoms with Crippen molar-refractivity contribution in [3.8, 4) is 5.75 Å². The molecule has 0 aromatic carbocycles. The van der Waals surface area contributed by atoms with Crippen LogP contribution < -0.4 is 4.74 Å². The van der Waals surface area contributed by atoms with Gasteiger partial charge in [-0.25, -0.2) is 0 Å². The molecule has 0 radical (unpaired) electrons. The predicted octanol–water partition coefficient (Wildman–Crippen LogP) is 3.78. The summed E-state index contributed by atoms with van der Waals surface area (Å²) in [6, 6.07) is 3.82. The summed E-state index contributed by atoms with van der Waals surface area (Å²) in [5.41, 5.74) is 0.884. The maximum Gasteiger partial charge on any atom is 0.137 e. The third-order valence-corrected chi connectivity index (χ3v) is 2.47. The van der Waals surface area contributed by atoms with E-state index in [2.05, 4.69) is 11.9 Å². The van der Waals surface area contributed by atoms with Gasteiger partial charge in [0.25, 0.3) is 0 Å². The molecule has 1 heterocycles. The Kier molecular flexibility index (Phi) is 6.17. The Morgan fingerprint density at radius 1 is 1.27 bits per heavy atom. The van der Waals surface area contributed by atoms with Crippen molar-refractivity contribution in [3.63, 3.8) is 0 Å². The SMILES string of the molecule is CCCCCCOc1ccc(CCl)nc1. The van der Waals surface area contributed by atoms with Crippen LogP contribution in [0.15, 0.2) is 18.3 Å². The van der Waals surface area contributed by atoms with Crippen LogP contribution in [0.4, 0.5) is 0 Å². The number of unbranched alkanes of at least 4 members (excludes halogenated alkanes) is 3. The van der Waals surface area contributed by atoms with Gasteiger partial charge in [-0.3, -0.25) is 4.98 Å². The summed E-state index contributed by atoms with van der Waals surface area (Å²) in [6.45, 7) is 2.98. The lowest BCUT2D eigenvalue weighted by molar-refractivity contribution is 0.304. The normalized spacial score (nSPS) is 10.3. The van der Waals surface area contributed by atoms with Crippen molar-refractivity contribution in [2.75, 3.05) is 6.61 Å². The fourth-order valence-corrected chi connectivity index (χ4v) is 1.45. The average Bonchev–Trinajstić information content (AvgIpc) is 2.30. The van der Waals surface area contributed by atoms with Crippen LogP contribution in [0.2, 0.25) is 0 Å². The van der Waals surface area contributed by atoms with E-state index in [1.807, 2.05) is 12.1 Å². The maximum absolute atomic E-state index is 5.64. The molecule has 0 bridgehead atoms. The smallest absolute Gasteiger partial charge is 0.137 e. The van der Waals surface area contributed by atoms with E-state index in [0.29, 0.717) is 5.88 Å². The molecule has 0 atom stereocenters. The zero-order valence-corrected chi connectivity index (χ0v) is 9.96. The molecular weight excluding hydrogens is 210 g/mol. The highest BCUT2D eigenvalue weighted by molar-refractivity contribution is 6.16. The van der Waals surface area contributed by atoms with Gasteiger partial charge in [0.1, 0.15) is 5.75 Å². The molecule has 15 heavy (non-hydrogen) atoms. The molecule has 2 nitrogen and oxygen atoms in total. The minimum absolute atomic E-state index is 0.455. The summed E-state index contributed by atoms with van der Waals surface area (Å²) in [5, 5.41) is 0. The van der Waals surface area contributed by atoms with E-state index in [0.717, 1.165) is 24.5 Å². The quantitative estimate of drug-likeness (QED) is 0.523. The molecule has 0 N–H and O–H groups in total. The van der Waals surface area contributed by atoms with Gasteiger partial charge in [0, 0.05) is 0 Å². The van der Waals surface area contributed by atoms with E-state index < -0.39 is 0 Å². The van der Waals surface area contributed by atoms with E-state index >= 15 is 0 Å². The summed E-state index contributed by atoms with van der Waals surface area (Å²) >= 11 is 5.64. The third kappa shape index (κ3) is 5.03. The van der Waals surface area contributed by atoms with Gasteiger partial charge in [-0.1, -0.05) is 26.2 Å². The van der Waals surface area contributed by atoms with Crippen molar-refractivity contribution in [1.82, 2.24) is 4.98 Å². The van der Waals surface area contributed by atoms with Gasteiger partial charge in [-0.15, -0.1) is 11.6 Å². The fraction of sp³-hybridized carbons (Fsp3) is 0.583. The molecule has 0 unspecified atom stereocenters. The number of hydrogen-bond donors (Lipinski definition) is 0. The Balaban J connectivity index is 2.20. The Hall–Kier alpha value is -0.760. The summed E-state index contributed by atoms with van der Waals surface area (Å²) in [5.74, 6) is 1.29. The van der Waals surface area contributed by atoms with Crippen LogP contribution in [-0.4, -0.2) is 11.6 Å². The molecule has 84 valence electrons. The molecule has 0 aliphatic heterocycles. The van der Waals surface area contributed by atoms with E-state index in [4.69, 9.17) is 16.3 Å². The monoisotopic (exact) mass is 227 g/mol. The molecule has 0 saturated heterocycles. The molecule has 3 heteroatoms. The molecule has 1 aromatic heterocycles. The standard InChI is InChI=1S/C12H18ClNO/c1-2-3-4-5-8-15-12-7-6-11(9-13)14-10-12/h6-7,10H,2-5,8-9H2,1H3. The van der Waals surface area contributed by atoms with Crippen LogP contribution in [0, 0.1) is 0 Å². The van der Waals surface area contributed by atoms with Gasteiger partial charge < -0.3 is 4.74 Å². The number of halogens is 1. The lowest BCUT2D eigenvalue weighted by Gasteiger charge is -2.05. The van der Waals surface area contributed by atoms with E-state index in [1.54, 1.807) is 6.20 Å². The zero-order chi connectivity index (χ0) is 10.9. The number of pyridine rings is 1. The van der Waals surface area contributed by atoms with E-state index in [9.17, 15) is 0 Å². The van der Waals surface area contributed by atoms with Gasteiger partial charge in [-0.05, 0) is 18.6 Å². The molecule has 0 spiro atoms. The first-order valence-corrected chi connectivity index (χ1v) is 6.04. The van der Waals surface area contributed by atoms with Crippen LogP contribution in [0.5, 0.6) is 5.75 Å². The first-order valence-electron chi connectivity index (χ1n) is 5.50. The number of nitrogens with zero attached hydrogens (tertiary/aromatic N) is 1. The number of aromatic nitrogens is 1. The fourth-order valence-electron chi connectivity index (χ4n) is 1.29. The maximum atomic E-state index is 5.64. The molecule has 0 amide bonds. The van der Waals surface area contributed by atoms with Crippen molar-refractivity contribution in [2.24, 2.45) is 0 Å². The van der Waals surface area contributed by atoms with Crippen molar-refractivity contribution < 1.29 is 4.74 Å². The van der Waals surface area contributed by atoms with Crippen molar-refractivity contribution in [3.05, 3.63) is 24.0 Å². The molecule has 0 fully saturated rings. The Morgan fingerprint density at radius 3 is 2.73 bits per heavy atom. The molecule has 0 saturated carbocycles. The number of ether oxygens (including phenoxy) is 1. The highest BCUT2D eigenvalue weighted by Gasteiger charge is 1.95. The van der Waals surface area contributed by atoms with Crippen molar-refractivity contribution in [2.45, 2.75) is 38.5 Å². The minimum atomic E-state index is 0.455.